The van der Waals surface area contributed by atoms with E-state index < -0.39 is 0 Å². The minimum absolute atomic E-state index is 0.621. The summed E-state index contributed by atoms with van der Waals surface area (Å²) in [5, 5.41) is 1.25. The van der Waals surface area contributed by atoms with Gasteiger partial charge in [-0.3, -0.25) is 0 Å². The van der Waals surface area contributed by atoms with Crippen LogP contribution in [-0.2, 0) is 0 Å². The van der Waals surface area contributed by atoms with E-state index in [0.29, 0.717) is 14.3 Å². The Labute approximate surface area is 83.5 Å². The third-order valence-corrected chi connectivity index (χ3v) is 2.94. The highest BCUT2D eigenvalue weighted by molar-refractivity contribution is 7.71. The number of nitrogens with one attached hydrogen (secondary N) is 2. The number of fused-ring (bicyclic) bond motifs is 1. The lowest BCUT2D eigenvalue weighted by Crippen LogP contribution is -2.12. The Morgan fingerprint density at radius 3 is 3.00 bits per heavy atom. The molecule has 2 N–H and O–H groups in total. The minimum Gasteiger partial charge on any atom is -0.331 e. The summed E-state index contributed by atoms with van der Waals surface area (Å²) in [6.07, 6.45) is 0. The lowest BCUT2D eigenvalue weighted by molar-refractivity contribution is 1.30. The molecule has 2 radical (unpaired) electrons. The molecule has 2 aromatic rings. The summed E-state index contributed by atoms with van der Waals surface area (Å²) in [5.41, 5.74) is 4.08. The highest BCUT2D eigenvalue weighted by atomic mass is 32.1. The lowest BCUT2D eigenvalue weighted by atomic mass is 10.3. The summed E-state index contributed by atoms with van der Waals surface area (Å²) < 4.78 is 0.677. The van der Waals surface area contributed by atoms with E-state index in [-0.39, 0.29) is 0 Å². The fraction of sp³-hybridized carbons (Fsp3) is 0. The maximum absolute atomic E-state index is 5.02. The van der Waals surface area contributed by atoms with Gasteiger partial charge in [-0.05, 0) is 23.5 Å². The first-order valence-electron chi connectivity index (χ1n) is 3.90. The maximum Gasteiger partial charge on any atom is 0.175 e. The van der Waals surface area contributed by atoms with Crippen LogP contribution in [0, 0.1) is 4.77 Å². The molecule has 0 saturated heterocycles. The first-order valence-corrected chi connectivity index (χ1v) is 5.38. The van der Waals surface area contributed by atoms with Gasteiger partial charge in [-0.15, -0.1) is 12.3 Å². The second kappa shape index (κ2) is 3.31. The summed E-state index contributed by atoms with van der Waals surface area (Å²) in [5.74, 6) is 0. The van der Waals surface area contributed by atoms with E-state index in [4.69, 9.17) is 12.2 Å². The predicted octanol–water partition coefficient (Wildman–Crippen LogP) is 1.70. The fourth-order valence-corrected chi connectivity index (χ4v) is 2.25. The second-order valence-corrected chi connectivity index (χ2v) is 4.30. The van der Waals surface area contributed by atoms with Crippen LogP contribution in [0.2, 0.25) is 0 Å². The molecule has 4 heteroatoms. The van der Waals surface area contributed by atoms with Crippen LogP contribution >= 0.6 is 12.2 Å². The molecule has 0 bridgehead atoms. The number of benzene rings is 1. The summed E-state index contributed by atoms with van der Waals surface area (Å²) in [6.45, 7) is 3.73. The van der Waals surface area contributed by atoms with Gasteiger partial charge in [-0.25, -0.2) is 0 Å². The molecule has 64 valence electrons. The van der Waals surface area contributed by atoms with Gasteiger partial charge >= 0.3 is 0 Å². The summed E-state index contributed by atoms with van der Waals surface area (Å²) in [7, 11) is 0.621. The molecule has 1 heterocycles. The van der Waals surface area contributed by atoms with Crippen molar-refractivity contribution in [2.75, 3.05) is 0 Å². The van der Waals surface area contributed by atoms with Crippen LogP contribution in [0.25, 0.3) is 11.0 Å². The molecule has 13 heavy (non-hydrogen) atoms. The average molecular weight is 204 g/mol. The van der Waals surface area contributed by atoms with E-state index in [1.165, 1.54) is 5.19 Å². The van der Waals surface area contributed by atoms with Crippen molar-refractivity contribution in [1.29, 1.82) is 0 Å². The quantitative estimate of drug-likeness (QED) is 0.566. The molecule has 2 rings (SSSR count). The van der Waals surface area contributed by atoms with Gasteiger partial charge in [-0.1, -0.05) is 12.1 Å². The van der Waals surface area contributed by atoms with Gasteiger partial charge < -0.3 is 9.97 Å². The normalized spacial score (nSPS) is 10.5. The predicted molar refractivity (Wildman–Crippen MR) is 59.1 cm³/mol. The Bertz CT molecular complexity index is 498. The molecular formula is C9H8N2SSi. The van der Waals surface area contributed by atoms with Crippen molar-refractivity contribution in [2.45, 2.75) is 0 Å². The highest BCUT2D eigenvalue weighted by Gasteiger charge is 2.00. The van der Waals surface area contributed by atoms with Gasteiger partial charge in [0.1, 0.15) is 9.52 Å². The van der Waals surface area contributed by atoms with Crippen molar-refractivity contribution in [2.24, 2.45) is 0 Å². The third kappa shape index (κ3) is 1.50. The number of aromatic nitrogens is 2. The van der Waals surface area contributed by atoms with E-state index in [1.54, 1.807) is 0 Å². The molecule has 0 fully saturated rings. The monoisotopic (exact) mass is 204 g/mol. The van der Waals surface area contributed by atoms with Gasteiger partial charge in [0, 0.05) is 0 Å². The number of H-pyrrole nitrogens is 2. The van der Waals surface area contributed by atoms with Gasteiger partial charge in [0.15, 0.2) is 4.77 Å². The van der Waals surface area contributed by atoms with Crippen molar-refractivity contribution < 1.29 is 0 Å². The van der Waals surface area contributed by atoms with Crippen molar-refractivity contribution in [3.8, 4) is 0 Å². The summed E-state index contributed by atoms with van der Waals surface area (Å²) in [4.78, 5) is 6.22. The Morgan fingerprint density at radius 1 is 1.38 bits per heavy atom. The zero-order valence-corrected chi connectivity index (χ0v) is 8.74. The standard InChI is InChI=1S/C9H8N2SSi/c1-2-13-7-5-3-4-6-8(7)11-9(12)10-6/h2-5H,1H2,(H2,10,11,12). The number of para-hydroxylation sites is 1. The van der Waals surface area contributed by atoms with E-state index >= 15 is 0 Å². The van der Waals surface area contributed by atoms with Crippen LogP contribution in [0.1, 0.15) is 0 Å². The number of imidazole rings is 1. The van der Waals surface area contributed by atoms with Crippen LogP contribution in [0.4, 0.5) is 0 Å². The average Bonchev–Trinajstić information content (AvgIpc) is 2.47. The Morgan fingerprint density at radius 2 is 2.23 bits per heavy atom. The Hall–Kier alpha value is -1.13. The zero-order chi connectivity index (χ0) is 9.26. The van der Waals surface area contributed by atoms with E-state index in [0.717, 1.165) is 11.0 Å². The SMILES string of the molecule is C=C[Si]c1cccc2[nH]c(=S)[nH]c12. The molecule has 0 aliphatic heterocycles. The van der Waals surface area contributed by atoms with E-state index in [1.807, 2.05) is 17.8 Å². The van der Waals surface area contributed by atoms with Crippen molar-refractivity contribution in [1.82, 2.24) is 9.97 Å². The molecule has 0 saturated carbocycles. The molecule has 1 aromatic heterocycles. The molecule has 0 unspecified atom stereocenters. The van der Waals surface area contributed by atoms with Gasteiger partial charge in [-0.2, -0.15) is 0 Å². The Balaban J connectivity index is 2.74. The highest BCUT2D eigenvalue weighted by Crippen LogP contribution is 2.05. The summed E-state index contributed by atoms with van der Waals surface area (Å²) >= 11 is 5.02. The van der Waals surface area contributed by atoms with Gasteiger partial charge in [0.25, 0.3) is 0 Å². The zero-order valence-electron chi connectivity index (χ0n) is 6.92. The van der Waals surface area contributed by atoms with Crippen molar-refractivity contribution >= 4 is 38.0 Å². The molecule has 0 aliphatic carbocycles. The topological polar surface area (TPSA) is 31.6 Å². The number of rotatable bonds is 2. The Kier molecular flexibility index (Phi) is 2.16. The van der Waals surface area contributed by atoms with Gasteiger partial charge in [0.2, 0.25) is 0 Å². The molecule has 0 amide bonds. The number of aromatic amines is 2. The van der Waals surface area contributed by atoms with Gasteiger partial charge in [0.05, 0.1) is 11.0 Å². The first-order chi connectivity index (χ1) is 6.31. The number of hydrogen-bond acceptors (Lipinski definition) is 1. The van der Waals surface area contributed by atoms with Crippen LogP contribution in [0.5, 0.6) is 0 Å². The third-order valence-electron chi connectivity index (χ3n) is 1.81. The first kappa shape index (κ1) is 8.46. The van der Waals surface area contributed by atoms with Crippen LogP contribution < -0.4 is 5.19 Å². The van der Waals surface area contributed by atoms with Crippen molar-refractivity contribution in [3.63, 3.8) is 0 Å². The number of hydrogen-bond donors (Lipinski definition) is 2. The molecule has 1 aromatic carbocycles. The van der Waals surface area contributed by atoms with E-state index in [9.17, 15) is 0 Å². The molecule has 2 nitrogen and oxygen atoms in total. The largest absolute Gasteiger partial charge is 0.331 e. The van der Waals surface area contributed by atoms with E-state index in [2.05, 4.69) is 22.6 Å². The molecule has 0 aliphatic rings. The second-order valence-electron chi connectivity index (χ2n) is 2.66. The smallest absolute Gasteiger partial charge is 0.175 e. The summed E-state index contributed by atoms with van der Waals surface area (Å²) in [6, 6.07) is 6.12. The van der Waals surface area contributed by atoms with Crippen LogP contribution in [-0.4, -0.2) is 19.5 Å². The lowest BCUT2D eigenvalue weighted by Gasteiger charge is -1.96. The van der Waals surface area contributed by atoms with Crippen LogP contribution in [0.15, 0.2) is 30.5 Å². The molecule has 0 spiro atoms. The molecular weight excluding hydrogens is 196 g/mol. The maximum atomic E-state index is 5.02. The van der Waals surface area contributed by atoms with Crippen LogP contribution in [0.3, 0.4) is 0 Å². The molecule has 0 atom stereocenters. The minimum atomic E-state index is 0.621. The van der Waals surface area contributed by atoms with Crippen molar-refractivity contribution in [3.05, 3.63) is 35.2 Å². The fourth-order valence-electron chi connectivity index (χ4n) is 1.29.